The molecule has 2 heterocycles. The Kier molecular flexibility index (Phi) is 5.56. The summed E-state index contributed by atoms with van der Waals surface area (Å²) in [5.74, 6) is 1.88. The van der Waals surface area contributed by atoms with Gasteiger partial charge in [-0.25, -0.2) is 0 Å². The topological polar surface area (TPSA) is 49.4 Å². The van der Waals surface area contributed by atoms with Crippen molar-refractivity contribution in [2.45, 2.75) is 49.0 Å². The maximum absolute atomic E-state index is 6.65. The third kappa shape index (κ3) is 3.45. The van der Waals surface area contributed by atoms with Gasteiger partial charge in [-0.2, -0.15) is 0 Å². The first-order chi connectivity index (χ1) is 15.5. The molecular weight excluding hydrogens is 406 g/mol. The molecule has 0 aromatic heterocycles. The van der Waals surface area contributed by atoms with Gasteiger partial charge in [-0.1, -0.05) is 18.2 Å². The number of hydrogen-bond donors (Lipinski definition) is 0. The smallest absolute Gasteiger partial charge is 0.170 e. The summed E-state index contributed by atoms with van der Waals surface area (Å²) in [5.41, 5.74) is 2.50. The molecule has 6 nitrogen and oxygen atoms in total. The van der Waals surface area contributed by atoms with E-state index in [9.17, 15) is 0 Å². The zero-order valence-electron chi connectivity index (χ0n) is 19.4. The van der Waals surface area contributed by atoms with E-state index in [1.165, 1.54) is 5.56 Å². The lowest BCUT2D eigenvalue weighted by molar-refractivity contribution is -0.204. The predicted molar refractivity (Wildman–Crippen MR) is 122 cm³/mol. The molecule has 6 heteroatoms. The van der Waals surface area contributed by atoms with Crippen molar-refractivity contribution in [3.63, 3.8) is 0 Å². The van der Waals surface area contributed by atoms with Gasteiger partial charge < -0.3 is 28.6 Å². The third-order valence-corrected chi connectivity index (χ3v) is 7.82. The van der Waals surface area contributed by atoms with Crippen LogP contribution in [0.3, 0.4) is 0 Å². The third-order valence-electron chi connectivity index (χ3n) is 7.82. The highest BCUT2D eigenvalue weighted by Gasteiger charge is 2.57. The molecule has 2 aromatic rings. The highest BCUT2D eigenvalue weighted by Crippen LogP contribution is 2.55. The standard InChI is InChI=1S/C26H33NO5/c1-27-13-12-25(19-8-9-21(29-3)22(15-19)30-4)10-11-26(16-24(25)27)31-17-23(32-26)18-6-5-7-20(14-18)28-2/h5-9,14-15,23-24H,10-13,16-17H2,1-4H3/t23?,24-,25-,26?/m0/s1. The average molecular weight is 440 g/mol. The molecule has 1 spiro atoms. The van der Waals surface area contributed by atoms with Gasteiger partial charge in [0.2, 0.25) is 0 Å². The lowest BCUT2D eigenvalue weighted by atomic mass is 9.64. The van der Waals surface area contributed by atoms with Gasteiger partial charge in [0.1, 0.15) is 11.9 Å². The van der Waals surface area contributed by atoms with E-state index < -0.39 is 5.79 Å². The lowest BCUT2D eigenvalue weighted by Gasteiger charge is -2.48. The Hall–Kier alpha value is -2.28. The Balaban J connectivity index is 1.40. The SMILES string of the molecule is COc1cccc(C2COC3(CC[C@@]4(c5ccc(OC)c(OC)c5)CCN(C)[C@H]4C3)O2)c1. The quantitative estimate of drug-likeness (QED) is 0.692. The van der Waals surface area contributed by atoms with E-state index in [2.05, 4.69) is 30.1 Å². The number of hydrogen-bond acceptors (Lipinski definition) is 6. The van der Waals surface area contributed by atoms with Crippen molar-refractivity contribution in [1.82, 2.24) is 4.90 Å². The van der Waals surface area contributed by atoms with Crippen LogP contribution in [-0.4, -0.2) is 58.3 Å². The number of ether oxygens (including phenoxy) is 5. The highest BCUT2D eigenvalue weighted by molar-refractivity contribution is 5.46. The maximum atomic E-state index is 6.65. The van der Waals surface area contributed by atoms with E-state index in [1.54, 1.807) is 21.3 Å². The Bertz CT molecular complexity index is 980. The van der Waals surface area contributed by atoms with Gasteiger partial charge in [-0.3, -0.25) is 0 Å². The molecule has 0 amide bonds. The summed E-state index contributed by atoms with van der Waals surface area (Å²) in [6.45, 7) is 1.64. The van der Waals surface area contributed by atoms with Crippen molar-refractivity contribution in [2.24, 2.45) is 0 Å². The van der Waals surface area contributed by atoms with Crippen molar-refractivity contribution in [1.29, 1.82) is 0 Å². The van der Waals surface area contributed by atoms with E-state index in [0.717, 1.165) is 55.0 Å². The molecule has 0 N–H and O–H groups in total. The van der Waals surface area contributed by atoms with Crippen molar-refractivity contribution in [3.8, 4) is 17.2 Å². The summed E-state index contributed by atoms with van der Waals surface area (Å²) >= 11 is 0. The largest absolute Gasteiger partial charge is 0.497 e. The summed E-state index contributed by atoms with van der Waals surface area (Å²) in [6.07, 6.45) is 3.82. The number of benzene rings is 2. The zero-order valence-corrected chi connectivity index (χ0v) is 19.4. The number of likely N-dealkylation sites (N-methyl/N-ethyl adjacent to an activating group) is 1. The predicted octanol–water partition coefficient (Wildman–Crippen LogP) is 4.32. The molecule has 0 bridgehead atoms. The molecule has 32 heavy (non-hydrogen) atoms. The zero-order chi connectivity index (χ0) is 22.3. The van der Waals surface area contributed by atoms with E-state index in [4.69, 9.17) is 23.7 Å². The summed E-state index contributed by atoms with van der Waals surface area (Å²) in [6, 6.07) is 14.9. The highest BCUT2D eigenvalue weighted by atomic mass is 16.7. The van der Waals surface area contributed by atoms with Crippen LogP contribution in [0.1, 0.15) is 42.9 Å². The second-order valence-corrected chi connectivity index (χ2v) is 9.28. The van der Waals surface area contributed by atoms with Gasteiger partial charge in [-0.15, -0.1) is 0 Å². The number of nitrogens with zero attached hydrogens (tertiary/aromatic N) is 1. The van der Waals surface area contributed by atoms with Gasteiger partial charge in [-0.05, 0) is 61.8 Å². The van der Waals surface area contributed by atoms with Crippen LogP contribution in [0.5, 0.6) is 17.2 Å². The summed E-state index contributed by atoms with van der Waals surface area (Å²) in [5, 5.41) is 0. The number of likely N-dealkylation sites (tertiary alicyclic amines) is 1. The molecule has 0 radical (unpaired) electrons. The molecule has 4 atom stereocenters. The van der Waals surface area contributed by atoms with E-state index in [0.29, 0.717) is 12.6 Å². The van der Waals surface area contributed by atoms with Crippen LogP contribution in [0.25, 0.3) is 0 Å². The minimum atomic E-state index is -0.531. The minimum Gasteiger partial charge on any atom is -0.497 e. The average Bonchev–Trinajstić information content (AvgIpc) is 3.41. The van der Waals surface area contributed by atoms with Gasteiger partial charge in [0.15, 0.2) is 17.3 Å². The molecule has 5 rings (SSSR count). The fraction of sp³-hybridized carbons (Fsp3) is 0.538. The Morgan fingerprint density at radius 2 is 1.78 bits per heavy atom. The number of rotatable bonds is 5. The van der Waals surface area contributed by atoms with Gasteiger partial charge in [0, 0.05) is 24.3 Å². The van der Waals surface area contributed by atoms with Crippen LogP contribution in [0.2, 0.25) is 0 Å². The molecule has 1 aliphatic carbocycles. The van der Waals surface area contributed by atoms with E-state index in [-0.39, 0.29) is 11.5 Å². The van der Waals surface area contributed by atoms with Crippen LogP contribution in [0.4, 0.5) is 0 Å². The second-order valence-electron chi connectivity index (χ2n) is 9.28. The minimum absolute atomic E-state index is 0.0645. The van der Waals surface area contributed by atoms with Crippen molar-refractivity contribution in [3.05, 3.63) is 53.6 Å². The van der Waals surface area contributed by atoms with Gasteiger partial charge >= 0.3 is 0 Å². The second kappa shape index (κ2) is 8.25. The molecule has 2 aliphatic heterocycles. The molecule has 3 aliphatic rings. The summed E-state index contributed by atoms with van der Waals surface area (Å²) in [4.78, 5) is 2.48. The molecule has 2 aromatic carbocycles. The summed E-state index contributed by atoms with van der Waals surface area (Å²) < 4.78 is 29.5. The molecule has 1 saturated carbocycles. The first-order valence-corrected chi connectivity index (χ1v) is 11.4. The molecule has 2 unspecified atom stereocenters. The first-order valence-electron chi connectivity index (χ1n) is 11.4. The van der Waals surface area contributed by atoms with Crippen LogP contribution < -0.4 is 14.2 Å². The van der Waals surface area contributed by atoms with Crippen molar-refractivity contribution in [2.75, 3.05) is 41.5 Å². The van der Waals surface area contributed by atoms with Crippen LogP contribution >= 0.6 is 0 Å². The van der Waals surface area contributed by atoms with Gasteiger partial charge in [0.05, 0.1) is 27.9 Å². The number of methoxy groups -OCH3 is 3. The van der Waals surface area contributed by atoms with Crippen molar-refractivity contribution < 1.29 is 23.7 Å². The monoisotopic (exact) mass is 439 g/mol. The Morgan fingerprint density at radius 3 is 2.56 bits per heavy atom. The fourth-order valence-electron chi connectivity index (χ4n) is 6.00. The fourth-order valence-corrected chi connectivity index (χ4v) is 6.00. The summed E-state index contributed by atoms with van der Waals surface area (Å²) in [7, 11) is 7.30. The Morgan fingerprint density at radius 1 is 0.938 bits per heavy atom. The molecule has 172 valence electrons. The first kappa shape index (κ1) is 21.6. The lowest BCUT2D eigenvalue weighted by Crippen LogP contribution is -2.52. The van der Waals surface area contributed by atoms with Crippen LogP contribution in [-0.2, 0) is 14.9 Å². The van der Waals surface area contributed by atoms with Gasteiger partial charge in [0.25, 0.3) is 0 Å². The normalized spacial score (nSPS) is 32.1. The number of fused-ring (bicyclic) bond motifs is 1. The molecule has 2 saturated heterocycles. The molecule has 3 fully saturated rings. The van der Waals surface area contributed by atoms with Crippen molar-refractivity contribution >= 4 is 0 Å². The Labute approximate surface area is 190 Å². The molecular formula is C26H33NO5. The van der Waals surface area contributed by atoms with E-state index in [1.807, 2.05) is 24.3 Å². The van der Waals surface area contributed by atoms with Crippen LogP contribution in [0.15, 0.2) is 42.5 Å². The maximum Gasteiger partial charge on any atom is 0.170 e. The van der Waals surface area contributed by atoms with E-state index >= 15 is 0 Å². The van der Waals surface area contributed by atoms with Crippen LogP contribution in [0, 0.1) is 0 Å².